The van der Waals surface area contributed by atoms with Crippen LogP contribution in [0.3, 0.4) is 0 Å². The Morgan fingerprint density at radius 2 is 2.00 bits per heavy atom. The monoisotopic (exact) mass is 391 g/mol. The zero-order chi connectivity index (χ0) is 16.9. The highest BCUT2D eigenvalue weighted by Crippen LogP contribution is 2.22. The fourth-order valence-electron chi connectivity index (χ4n) is 1.94. The number of rotatable bonds is 7. The van der Waals surface area contributed by atoms with E-state index in [9.17, 15) is 19.8 Å². The minimum atomic E-state index is -1.22. The first-order valence-electron chi connectivity index (χ1n) is 6.86. The van der Waals surface area contributed by atoms with Gasteiger partial charge in [-0.3, -0.25) is 4.79 Å². The summed E-state index contributed by atoms with van der Waals surface area (Å²) >= 11 is 9.22. The summed E-state index contributed by atoms with van der Waals surface area (Å²) in [7, 11) is 0. The van der Waals surface area contributed by atoms with E-state index < -0.39 is 24.0 Å². The topological polar surface area (TPSA) is 86.6 Å². The van der Waals surface area contributed by atoms with E-state index in [1.807, 2.05) is 13.8 Å². The second-order valence-electron chi connectivity index (χ2n) is 5.48. The van der Waals surface area contributed by atoms with Crippen LogP contribution in [-0.4, -0.2) is 34.2 Å². The Labute approximate surface area is 142 Å². The fourth-order valence-corrected chi connectivity index (χ4v) is 2.54. The lowest BCUT2D eigenvalue weighted by Gasteiger charge is -2.19. The molecule has 0 saturated heterocycles. The summed E-state index contributed by atoms with van der Waals surface area (Å²) < 4.78 is 0.708. The molecule has 1 rings (SSSR count). The molecule has 1 aromatic carbocycles. The van der Waals surface area contributed by atoms with Crippen molar-refractivity contribution in [1.29, 1.82) is 0 Å². The molecule has 0 heterocycles. The van der Waals surface area contributed by atoms with E-state index in [2.05, 4.69) is 21.2 Å². The molecule has 2 atom stereocenters. The van der Waals surface area contributed by atoms with Gasteiger partial charge in [-0.05, 0) is 36.1 Å². The van der Waals surface area contributed by atoms with Gasteiger partial charge in [0.25, 0.3) is 0 Å². The number of carboxylic acid groups (broad SMARTS) is 1. The Hall–Kier alpha value is -1.11. The Morgan fingerprint density at radius 1 is 1.36 bits per heavy atom. The molecular formula is C15H19BrClNO4. The summed E-state index contributed by atoms with van der Waals surface area (Å²) in [6, 6.07) is 3.89. The normalized spacial score (nSPS) is 13.7. The molecule has 0 saturated carbocycles. The van der Waals surface area contributed by atoms with Gasteiger partial charge in [-0.1, -0.05) is 41.4 Å². The molecule has 3 N–H and O–H groups in total. The van der Waals surface area contributed by atoms with Crippen molar-refractivity contribution >= 4 is 39.4 Å². The maximum atomic E-state index is 11.9. The maximum Gasteiger partial charge on any atom is 0.326 e. The van der Waals surface area contributed by atoms with Crippen molar-refractivity contribution in [2.75, 3.05) is 0 Å². The van der Waals surface area contributed by atoms with E-state index >= 15 is 0 Å². The van der Waals surface area contributed by atoms with Gasteiger partial charge in [-0.2, -0.15) is 0 Å². The molecule has 0 aliphatic heterocycles. The zero-order valence-corrected chi connectivity index (χ0v) is 14.7. The number of hydrogen-bond donors (Lipinski definition) is 3. The number of aliphatic hydroxyl groups excluding tert-OH is 1. The molecule has 0 aliphatic carbocycles. The summed E-state index contributed by atoms with van der Waals surface area (Å²) in [6.45, 7) is 3.74. The van der Waals surface area contributed by atoms with Crippen LogP contribution in [0.2, 0.25) is 5.02 Å². The Kier molecular flexibility index (Phi) is 7.32. The van der Waals surface area contributed by atoms with Gasteiger partial charge in [0.15, 0.2) is 0 Å². The summed E-state index contributed by atoms with van der Waals surface area (Å²) in [5.74, 6) is -1.72. The van der Waals surface area contributed by atoms with Crippen LogP contribution in [0.4, 0.5) is 0 Å². The quantitative estimate of drug-likeness (QED) is 0.666. The summed E-state index contributed by atoms with van der Waals surface area (Å²) in [5, 5.41) is 21.9. The highest BCUT2D eigenvalue weighted by atomic mass is 79.9. The number of nitrogens with one attached hydrogen (secondary N) is 1. The molecule has 0 unspecified atom stereocenters. The largest absolute Gasteiger partial charge is 0.480 e. The molecule has 1 aromatic rings. The van der Waals surface area contributed by atoms with Gasteiger partial charge in [0, 0.05) is 15.9 Å². The number of hydrogen-bond acceptors (Lipinski definition) is 3. The first-order chi connectivity index (χ1) is 10.2. The third-order valence-electron chi connectivity index (χ3n) is 3.04. The number of benzene rings is 1. The van der Waals surface area contributed by atoms with Gasteiger partial charge in [0.1, 0.15) is 12.1 Å². The van der Waals surface area contributed by atoms with E-state index in [4.69, 9.17) is 11.6 Å². The van der Waals surface area contributed by atoms with Crippen molar-refractivity contribution in [2.45, 2.75) is 38.8 Å². The lowest BCUT2D eigenvalue weighted by Crippen LogP contribution is -2.47. The van der Waals surface area contributed by atoms with Crippen molar-refractivity contribution in [3.05, 3.63) is 33.3 Å². The molecular weight excluding hydrogens is 374 g/mol. The smallest absolute Gasteiger partial charge is 0.326 e. The maximum absolute atomic E-state index is 11.9. The van der Waals surface area contributed by atoms with Crippen molar-refractivity contribution in [1.82, 2.24) is 5.32 Å². The third kappa shape index (κ3) is 5.94. The molecule has 0 radical (unpaired) electrons. The Balaban J connectivity index is 2.80. The lowest BCUT2D eigenvalue weighted by atomic mass is 10.0. The van der Waals surface area contributed by atoms with Gasteiger partial charge in [-0.25, -0.2) is 4.79 Å². The van der Waals surface area contributed by atoms with Crippen LogP contribution in [0.25, 0.3) is 0 Å². The van der Waals surface area contributed by atoms with Gasteiger partial charge < -0.3 is 15.5 Å². The zero-order valence-electron chi connectivity index (χ0n) is 12.3. The van der Waals surface area contributed by atoms with Crippen LogP contribution in [-0.2, 0) is 16.0 Å². The molecule has 0 spiro atoms. The van der Waals surface area contributed by atoms with E-state index in [-0.39, 0.29) is 18.8 Å². The predicted molar refractivity (Wildman–Crippen MR) is 87.9 cm³/mol. The number of carbonyl (C=O) groups is 2. The molecule has 0 aromatic heterocycles. The van der Waals surface area contributed by atoms with Gasteiger partial charge in [-0.15, -0.1) is 0 Å². The lowest BCUT2D eigenvalue weighted by molar-refractivity contribution is -0.143. The van der Waals surface area contributed by atoms with Crippen molar-refractivity contribution in [3.63, 3.8) is 0 Å². The number of amides is 1. The van der Waals surface area contributed by atoms with Crippen LogP contribution in [0.5, 0.6) is 0 Å². The van der Waals surface area contributed by atoms with Crippen molar-refractivity contribution in [3.8, 4) is 0 Å². The summed E-state index contributed by atoms with van der Waals surface area (Å²) in [6.07, 6.45) is -0.875. The average molecular weight is 393 g/mol. The molecule has 0 fully saturated rings. The molecule has 22 heavy (non-hydrogen) atoms. The minimum Gasteiger partial charge on any atom is -0.480 e. The predicted octanol–water partition coefficient (Wildman–Crippen LogP) is 2.62. The molecule has 7 heteroatoms. The molecule has 1 amide bonds. The second-order valence-corrected chi connectivity index (χ2v) is 6.78. The van der Waals surface area contributed by atoms with Crippen LogP contribution < -0.4 is 5.32 Å². The number of carbonyl (C=O) groups excluding carboxylic acids is 1. The first-order valence-corrected chi connectivity index (χ1v) is 8.03. The average Bonchev–Trinajstić information content (AvgIpc) is 2.40. The van der Waals surface area contributed by atoms with E-state index in [0.717, 1.165) is 0 Å². The van der Waals surface area contributed by atoms with Crippen LogP contribution >= 0.6 is 27.5 Å². The number of aliphatic hydroxyl groups is 1. The van der Waals surface area contributed by atoms with Crippen molar-refractivity contribution in [2.24, 2.45) is 5.92 Å². The first kappa shape index (κ1) is 18.9. The molecule has 0 bridgehead atoms. The van der Waals surface area contributed by atoms with Crippen molar-refractivity contribution < 1.29 is 19.8 Å². The highest BCUT2D eigenvalue weighted by molar-refractivity contribution is 9.10. The van der Waals surface area contributed by atoms with Crippen LogP contribution in [0, 0.1) is 5.92 Å². The van der Waals surface area contributed by atoms with E-state index in [1.54, 1.807) is 18.2 Å². The number of carboxylic acids is 1. The van der Waals surface area contributed by atoms with Gasteiger partial charge in [0.05, 0.1) is 0 Å². The van der Waals surface area contributed by atoms with Gasteiger partial charge >= 0.3 is 5.97 Å². The van der Waals surface area contributed by atoms with Gasteiger partial charge in [0.2, 0.25) is 5.91 Å². The SMILES string of the molecule is CC(C)C[C@@H](O)C(=O)N[C@H](Cc1cc(Cl)ccc1Br)C(=O)O. The van der Waals surface area contributed by atoms with Crippen LogP contribution in [0.15, 0.2) is 22.7 Å². The summed E-state index contributed by atoms with van der Waals surface area (Å²) in [5.41, 5.74) is 0.665. The summed E-state index contributed by atoms with van der Waals surface area (Å²) in [4.78, 5) is 23.2. The molecule has 122 valence electrons. The highest BCUT2D eigenvalue weighted by Gasteiger charge is 2.25. The number of aliphatic carboxylic acids is 1. The van der Waals surface area contributed by atoms with Crippen LogP contribution in [0.1, 0.15) is 25.8 Å². The molecule has 5 nitrogen and oxygen atoms in total. The molecule has 0 aliphatic rings. The fraction of sp³-hybridized carbons (Fsp3) is 0.467. The van der Waals surface area contributed by atoms with E-state index in [0.29, 0.717) is 15.1 Å². The Bertz CT molecular complexity index is 550. The third-order valence-corrected chi connectivity index (χ3v) is 4.05. The van der Waals surface area contributed by atoms with E-state index in [1.165, 1.54) is 0 Å². The standard InChI is InChI=1S/C15H19BrClNO4/c1-8(2)5-13(19)14(20)18-12(15(21)22)7-9-6-10(17)3-4-11(9)16/h3-4,6,8,12-13,19H,5,7H2,1-2H3,(H,18,20)(H,21,22)/t12-,13-/m1/s1. The minimum absolute atomic E-state index is 0.0661. The second kappa shape index (κ2) is 8.50. The number of halogens is 2. The Morgan fingerprint density at radius 3 is 2.55 bits per heavy atom.